The molecule has 134 valence electrons. The molecular formula is C17H34N4O2. The second kappa shape index (κ2) is 8.11. The van der Waals surface area contributed by atoms with E-state index in [9.17, 15) is 9.59 Å². The van der Waals surface area contributed by atoms with Crippen molar-refractivity contribution >= 4 is 11.8 Å². The molecule has 1 aliphatic heterocycles. The molecule has 0 spiro atoms. The highest BCUT2D eigenvalue weighted by Crippen LogP contribution is 2.05. The number of hydrogen-bond donors (Lipinski definition) is 2. The van der Waals surface area contributed by atoms with E-state index in [1.54, 1.807) is 0 Å². The molecule has 1 heterocycles. The number of nitrogens with zero attached hydrogens (tertiary/aromatic N) is 2. The lowest BCUT2D eigenvalue weighted by Crippen LogP contribution is -2.47. The van der Waals surface area contributed by atoms with Gasteiger partial charge in [0.25, 0.3) is 0 Å². The molecule has 0 aliphatic carbocycles. The molecule has 0 aromatic heterocycles. The molecule has 0 atom stereocenters. The van der Waals surface area contributed by atoms with Crippen molar-refractivity contribution in [2.45, 2.75) is 59.0 Å². The van der Waals surface area contributed by atoms with Gasteiger partial charge in [0.05, 0.1) is 13.1 Å². The van der Waals surface area contributed by atoms with Crippen LogP contribution < -0.4 is 10.6 Å². The van der Waals surface area contributed by atoms with Crippen molar-refractivity contribution in [1.29, 1.82) is 0 Å². The van der Waals surface area contributed by atoms with Gasteiger partial charge in [-0.3, -0.25) is 19.4 Å². The second-order valence-electron chi connectivity index (χ2n) is 8.50. The van der Waals surface area contributed by atoms with Gasteiger partial charge in [-0.05, 0) is 61.1 Å². The fourth-order valence-electron chi connectivity index (χ4n) is 2.66. The van der Waals surface area contributed by atoms with E-state index in [0.29, 0.717) is 13.1 Å². The summed E-state index contributed by atoms with van der Waals surface area (Å²) in [6.45, 7) is 16.2. The van der Waals surface area contributed by atoms with E-state index in [4.69, 9.17) is 0 Å². The Bertz CT molecular complexity index is 372. The van der Waals surface area contributed by atoms with Crippen LogP contribution in [0.5, 0.6) is 0 Å². The Labute approximate surface area is 141 Å². The van der Waals surface area contributed by atoms with Gasteiger partial charge in [0, 0.05) is 24.2 Å². The minimum atomic E-state index is -0.194. The number of carbonyl (C=O) groups excluding carboxylic acids is 2. The van der Waals surface area contributed by atoms with Gasteiger partial charge in [-0.25, -0.2) is 0 Å². The monoisotopic (exact) mass is 326 g/mol. The summed E-state index contributed by atoms with van der Waals surface area (Å²) < 4.78 is 0. The summed E-state index contributed by atoms with van der Waals surface area (Å²) in [6.07, 6.45) is 0.978. The largest absolute Gasteiger partial charge is 0.350 e. The lowest BCUT2D eigenvalue weighted by Gasteiger charge is -2.25. The predicted octanol–water partition coefficient (Wildman–Crippen LogP) is 0.824. The molecule has 0 aromatic rings. The Morgan fingerprint density at radius 3 is 1.39 bits per heavy atom. The molecule has 0 aromatic carbocycles. The number of hydrogen-bond acceptors (Lipinski definition) is 4. The van der Waals surface area contributed by atoms with Crippen LogP contribution in [-0.2, 0) is 9.59 Å². The van der Waals surface area contributed by atoms with Crippen LogP contribution in [0.15, 0.2) is 0 Å². The van der Waals surface area contributed by atoms with Crippen molar-refractivity contribution in [2.75, 3.05) is 39.3 Å². The second-order valence-corrected chi connectivity index (χ2v) is 8.50. The average molecular weight is 326 g/mol. The fourth-order valence-corrected chi connectivity index (χ4v) is 2.66. The van der Waals surface area contributed by atoms with Gasteiger partial charge in [0.15, 0.2) is 0 Å². The highest BCUT2D eigenvalue weighted by Gasteiger charge is 2.22. The summed E-state index contributed by atoms with van der Waals surface area (Å²) in [4.78, 5) is 28.4. The predicted molar refractivity (Wildman–Crippen MR) is 93.3 cm³/mol. The van der Waals surface area contributed by atoms with Crippen LogP contribution in [0.3, 0.4) is 0 Å². The molecule has 1 saturated heterocycles. The molecule has 23 heavy (non-hydrogen) atoms. The van der Waals surface area contributed by atoms with Gasteiger partial charge >= 0.3 is 0 Å². The maximum atomic E-state index is 12.0. The van der Waals surface area contributed by atoms with Crippen molar-refractivity contribution in [3.8, 4) is 0 Å². The summed E-state index contributed by atoms with van der Waals surface area (Å²) in [6, 6.07) is 0. The molecule has 1 aliphatic rings. The third kappa shape index (κ3) is 9.56. The first-order valence-electron chi connectivity index (χ1n) is 8.51. The highest BCUT2D eigenvalue weighted by atomic mass is 16.2. The molecule has 6 nitrogen and oxygen atoms in total. The van der Waals surface area contributed by atoms with Crippen LogP contribution in [0.25, 0.3) is 0 Å². The number of nitrogens with one attached hydrogen (secondary N) is 2. The van der Waals surface area contributed by atoms with Gasteiger partial charge in [0.2, 0.25) is 11.8 Å². The molecule has 0 radical (unpaired) electrons. The quantitative estimate of drug-likeness (QED) is 0.803. The van der Waals surface area contributed by atoms with Crippen LogP contribution in [0, 0.1) is 0 Å². The molecule has 1 rings (SSSR count). The van der Waals surface area contributed by atoms with E-state index in [0.717, 1.165) is 32.6 Å². The van der Waals surface area contributed by atoms with Crippen molar-refractivity contribution < 1.29 is 9.59 Å². The zero-order chi connectivity index (χ0) is 17.7. The summed E-state index contributed by atoms with van der Waals surface area (Å²) in [5.41, 5.74) is -0.389. The maximum Gasteiger partial charge on any atom is 0.234 e. The average Bonchev–Trinajstić information content (AvgIpc) is 2.49. The van der Waals surface area contributed by atoms with Crippen molar-refractivity contribution in [2.24, 2.45) is 0 Å². The topological polar surface area (TPSA) is 64.7 Å². The summed E-state index contributed by atoms with van der Waals surface area (Å²) >= 11 is 0. The summed E-state index contributed by atoms with van der Waals surface area (Å²) in [5, 5.41) is 6.00. The highest BCUT2D eigenvalue weighted by molar-refractivity contribution is 5.79. The number of carbonyl (C=O) groups is 2. The molecule has 0 unspecified atom stereocenters. The van der Waals surface area contributed by atoms with Gasteiger partial charge in [0.1, 0.15) is 0 Å². The van der Waals surface area contributed by atoms with Crippen LogP contribution in [0.4, 0.5) is 0 Å². The Hall–Kier alpha value is -1.14. The molecule has 6 heteroatoms. The Kier molecular flexibility index (Phi) is 7.02. The smallest absolute Gasteiger partial charge is 0.234 e. The van der Waals surface area contributed by atoms with Gasteiger partial charge in [-0.15, -0.1) is 0 Å². The van der Waals surface area contributed by atoms with Gasteiger partial charge in [-0.1, -0.05) is 0 Å². The summed E-state index contributed by atoms with van der Waals surface area (Å²) in [5.74, 6) is 0.132. The zero-order valence-electron chi connectivity index (χ0n) is 15.7. The third-order valence-corrected chi connectivity index (χ3v) is 3.44. The van der Waals surface area contributed by atoms with E-state index in [1.807, 2.05) is 41.5 Å². The van der Waals surface area contributed by atoms with Crippen molar-refractivity contribution in [3.63, 3.8) is 0 Å². The molecule has 1 fully saturated rings. The molecular weight excluding hydrogens is 292 g/mol. The molecule has 0 bridgehead atoms. The van der Waals surface area contributed by atoms with Crippen molar-refractivity contribution in [3.05, 3.63) is 0 Å². The van der Waals surface area contributed by atoms with E-state index in [-0.39, 0.29) is 22.9 Å². The van der Waals surface area contributed by atoms with Crippen molar-refractivity contribution in [1.82, 2.24) is 20.4 Å². The molecule has 2 N–H and O–H groups in total. The molecule has 0 saturated carbocycles. The third-order valence-electron chi connectivity index (χ3n) is 3.44. The minimum Gasteiger partial charge on any atom is -0.350 e. The van der Waals surface area contributed by atoms with Gasteiger partial charge < -0.3 is 10.6 Å². The Balaban J connectivity index is 2.39. The first kappa shape index (κ1) is 19.9. The van der Waals surface area contributed by atoms with Crippen LogP contribution >= 0.6 is 0 Å². The van der Waals surface area contributed by atoms with E-state index < -0.39 is 0 Å². The van der Waals surface area contributed by atoms with E-state index in [2.05, 4.69) is 20.4 Å². The minimum absolute atomic E-state index is 0.0661. The first-order valence-corrected chi connectivity index (χ1v) is 8.51. The van der Waals surface area contributed by atoms with Gasteiger partial charge in [-0.2, -0.15) is 0 Å². The molecule has 2 amide bonds. The zero-order valence-corrected chi connectivity index (χ0v) is 15.7. The van der Waals surface area contributed by atoms with Crippen LogP contribution in [0.1, 0.15) is 48.0 Å². The normalized spacial score (nSPS) is 18.3. The SMILES string of the molecule is CC(C)(C)NC(=O)CN1CCCN(CC(=O)NC(C)(C)C)CC1. The van der Waals surface area contributed by atoms with Crippen LogP contribution in [0.2, 0.25) is 0 Å². The lowest BCUT2D eigenvalue weighted by molar-refractivity contribution is -0.124. The maximum absolute atomic E-state index is 12.0. The lowest BCUT2D eigenvalue weighted by atomic mass is 10.1. The van der Waals surface area contributed by atoms with E-state index >= 15 is 0 Å². The number of rotatable bonds is 4. The summed E-state index contributed by atoms with van der Waals surface area (Å²) in [7, 11) is 0. The fraction of sp³-hybridized carbons (Fsp3) is 0.882. The number of amides is 2. The Morgan fingerprint density at radius 1 is 0.739 bits per heavy atom. The Morgan fingerprint density at radius 2 is 1.09 bits per heavy atom. The standard InChI is InChI=1S/C17H34N4O2/c1-16(2,3)18-14(22)12-20-8-7-9-21(11-10-20)13-15(23)19-17(4,5)6/h7-13H2,1-6H3,(H,18,22)(H,19,23). The first-order chi connectivity index (χ1) is 10.4. The van der Waals surface area contributed by atoms with E-state index in [1.165, 1.54) is 0 Å². The van der Waals surface area contributed by atoms with Crippen LogP contribution in [-0.4, -0.2) is 72.0 Å².